The highest BCUT2D eigenvalue weighted by molar-refractivity contribution is 5.97. The van der Waals surface area contributed by atoms with Gasteiger partial charge in [0, 0.05) is 32.7 Å². The summed E-state index contributed by atoms with van der Waals surface area (Å²) in [6, 6.07) is 8.20. The fourth-order valence-electron chi connectivity index (χ4n) is 2.18. The molecule has 24 heavy (non-hydrogen) atoms. The zero-order valence-electron chi connectivity index (χ0n) is 14.7. The molecule has 0 heterocycles. The minimum absolute atomic E-state index is 0.763. The van der Waals surface area contributed by atoms with Crippen molar-refractivity contribution >= 4 is 17.1 Å². The van der Waals surface area contributed by atoms with Gasteiger partial charge in [-0.1, -0.05) is 17.9 Å². The molecule has 126 valence electrons. The third-order valence-corrected chi connectivity index (χ3v) is 3.59. The van der Waals surface area contributed by atoms with Crippen LogP contribution in [0.2, 0.25) is 0 Å². The maximum Gasteiger partial charge on any atom is 0.0771 e. The molecule has 0 fully saturated rings. The maximum atomic E-state index is 4.47. The first-order chi connectivity index (χ1) is 11.7. The second-order valence-electron chi connectivity index (χ2n) is 5.74. The van der Waals surface area contributed by atoms with Crippen LogP contribution in [0.4, 0.5) is 11.4 Å². The average molecular weight is 322 g/mol. The number of hydrazone groups is 1. The first-order valence-corrected chi connectivity index (χ1v) is 8.27. The number of allylic oxidation sites excluding steroid dienone is 3. The highest BCUT2D eigenvalue weighted by Gasteiger charge is 1.99. The van der Waals surface area contributed by atoms with Gasteiger partial charge in [0.2, 0.25) is 0 Å². The summed E-state index contributed by atoms with van der Waals surface area (Å²) < 4.78 is 0. The molecule has 0 spiro atoms. The minimum atomic E-state index is 0.763. The summed E-state index contributed by atoms with van der Waals surface area (Å²) in [5.74, 6) is 0. The minimum Gasteiger partial charge on any atom is -0.378 e. The molecule has 0 saturated heterocycles. The summed E-state index contributed by atoms with van der Waals surface area (Å²) in [4.78, 5) is 2.07. The van der Waals surface area contributed by atoms with E-state index < -0.39 is 0 Å². The fourth-order valence-corrected chi connectivity index (χ4v) is 2.18. The third-order valence-electron chi connectivity index (χ3n) is 3.59. The molecule has 0 unspecified atom stereocenters. The highest BCUT2D eigenvalue weighted by Crippen LogP contribution is 2.15. The van der Waals surface area contributed by atoms with Crippen LogP contribution in [-0.4, -0.2) is 26.4 Å². The second-order valence-corrected chi connectivity index (χ2v) is 5.74. The topological polar surface area (TPSA) is 39.7 Å². The van der Waals surface area contributed by atoms with Gasteiger partial charge in [0.15, 0.2) is 0 Å². The quantitative estimate of drug-likeness (QED) is 0.344. The van der Waals surface area contributed by atoms with E-state index in [4.69, 9.17) is 0 Å². The number of nitrogens with one attached hydrogen (secondary N) is 2. The smallest absolute Gasteiger partial charge is 0.0771 e. The Kier molecular flexibility index (Phi) is 6.93. The van der Waals surface area contributed by atoms with Crippen LogP contribution in [0.15, 0.2) is 71.2 Å². The summed E-state index contributed by atoms with van der Waals surface area (Å²) in [6.07, 6.45) is 12.0. The van der Waals surface area contributed by atoms with E-state index in [1.54, 1.807) is 0 Å². The lowest BCUT2D eigenvalue weighted by atomic mass is 10.2. The van der Waals surface area contributed by atoms with Crippen LogP contribution in [0.25, 0.3) is 0 Å². The molecule has 2 rings (SSSR count). The number of nitrogens with zero attached hydrogens (tertiary/aromatic N) is 2. The van der Waals surface area contributed by atoms with E-state index in [2.05, 4.69) is 50.8 Å². The van der Waals surface area contributed by atoms with E-state index in [9.17, 15) is 0 Å². The number of hydrogen-bond acceptors (Lipinski definition) is 4. The standard InChI is InChI=1S/C20H26N4/c1-4-5-6-16-21-17-8-7-9-18(11-10-17)22-23-19-12-14-20(15-13-19)24(2)3/h4-5,7,10-15,21,23H,6,9,16H2,1-3H3/b5-4+,22-18+. The van der Waals surface area contributed by atoms with Crippen LogP contribution in [0.5, 0.6) is 0 Å². The fraction of sp³-hybridized carbons (Fsp3) is 0.300. The van der Waals surface area contributed by atoms with Gasteiger partial charge in [-0.3, -0.25) is 5.43 Å². The van der Waals surface area contributed by atoms with Crippen molar-refractivity contribution in [3.63, 3.8) is 0 Å². The van der Waals surface area contributed by atoms with Gasteiger partial charge in [0.1, 0.15) is 0 Å². The Morgan fingerprint density at radius 3 is 2.71 bits per heavy atom. The van der Waals surface area contributed by atoms with Crippen LogP contribution < -0.4 is 15.6 Å². The van der Waals surface area contributed by atoms with Crippen LogP contribution in [-0.2, 0) is 0 Å². The summed E-state index contributed by atoms with van der Waals surface area (Å²) in [7, 11) is 4.06. The number of rotatable bonds is 7. The summed E-state index contributed by atoms with van der Waals surface area (Å²) in [5.41, 5.74) is 10.5. The SMILES string of the molecule is C/C=C/CCNC1=C=CC/C(=N\Nc2ccc(N(C)C)cc2)C=C1. The Bertz CT molecular complexity index is 672. The van der Waals surface area contributed by atoms with Gasteiger partial charge in [-0.05, 0) is 55.8 Å². The summed E-state index contributed by atoms with van der Waals surface area (Å²) in [6.45, 7) is 2.95. The monoisotopic (exact) mass is 322 g/mol. The number of benzene rings is 1. The van der Waals surface area contributed by atoms with Crippen molar-refractivity contribution in [2.45, 2.75) is 19.8 Å². The van der Waals surface area contributed by atoms with Crippen molar-refractivity contribution in [2.24, 2.45) is 5.10 Å². The Balaban J connectivity index is 1.89. The molecule has 1 aromatic carbocycles. The lowest BCUT2D eigenvalue weighted by Crippen LogP contribution is -2.11. The molecule has 0 atom stereocenters. The van der Waals surface area contributed by atoms with E-state index in [-0.39, 0.29) is 0 Å². The van der Waals surface area contributed by atoms with Gasteiger partial charge in [0.25, 0.3) is 0 Å². The van der Waals surface area contributed by atoms with Crippen molar-refractivity contribution in [1.82, 2.24) is 5.32 Å². The van der Waals surface area contributed by atoms with Crippen molar-refractivity contribution in [1.29, 1.82) is 0 Å². The second kappa shape index (κ2) is 9.43. The first-order valence-electron chi connectivity index (χ1n) is 8.27. The Morgan fingerprint density at radius 1 is 1.21 bits per heavy atom. The first kappa shape index (κ1) is 17.6. The predicted octanol–water partition coefficient (Wildman–Crippen LogP) is 4.08. The third kappa shape index (κ3) is 5.82. The highest BCUT2D eigenvalue weighted by atomic mass is 15.3. The Labute approximate surface area is 145 Å². The van der Waals surface area contributed by atoms with Crippen LogP contribution in [0.1, 0.15) is 19.8 Å². The molecule has 4 heteroatoms. The van der Waals surface area contributed by atoms with Crippen LogP contribution in [0.3, 0.4) is 0 Å². The molecule has 2 N–H and O–H groups in total. The molecule has 0 aliphatic heterocycles. The van der Waals surface area contributed by atoms with Gasteiger partial charge in [0.05, 0.1) is 17.1 Å². The molecule has 0 bridgehead atoms. The molecule has 0 saturated carbocycles. The molecule has 0 amide bonds. The lowest BCUT2D eigenvalue weighted by molar-refractivity contribution is 0.822. The number of hydrogen-bond donors (Lipinski definition) is 2. The average Bonchev–Trinajstić information content (AvgIpc) is 2.82. The van der Waals surface area contributed by atoms with Gasteiger partial charge in [-0.2, -0.15) is 5.10 Å². The lowest BCUT2D eigenvalue weighted by Gasteiger charge is -2.12. The molecular formula is C20H26N4. The molecule has 1 aliphatic rings. The molecule has 0 aromatic heterocycles. The van der Waals surface area contributed by atoms with Crippen LogP contribution >= 0.6 is 0 Å². The zero-order valence-corrected chi connectivity index (χ0v) is 14.7. The Morgan fingerprint density at radius 2 is 2.00 bits per heavy atom. The molecule has 4 nitrogen and oxygen atoms in total. The maximum absolute atomic E-state index is 4.47. The van der Waals surface area contributed by atoms with E-state index in [0.717, 1.165) is 36.5 Å². The molecular weight excluding hydrogens is 296 g/mol. The van der Waals surface area contributed by atoms with E-state index >= 15 is 0 Å². The molecule has 1 aromatic rings. The Hall–Kier alpha value is -2.71. The van der Waals surface area contributed by atoms with Crippen LogP contribution in [0, 0.1) is 0 Å². The zero-order chi connectivity index (χ0) is 17.2. The molecule has 0 radical (unpaired) electrons. The van der Waals surface area contributed by atoms with Gasteiger partial charge < -0.3 is 10.2 Å². The van der Waals surface area contributed by atoms with E-state index in [1.807, 2.05) is 51.4 Å². The van der Waals surface area contributed by atoms with Gasteiger partial charge in [-0.15, -0.1) is 0 Å². The van der Waals surface area contributed by atoms with Crippen molar-refractivity contribution in [2.75, 3.05) is 31.0 Å². The predicted molar refractivity (Wildman–Crippen MR) is 105 cm³/mol. The molecule has 1 aliphatic carbocycles. The normalized spacial score (nSPS) is 15.5. The summed E-state index contributed by atoms with van der Waals surface area (Å²) >= 11 is 0. The van der Waals surface area contributed by atoms with Crippen molar-refractivity contribution < 1.29 is 0 Å². The van der Waals surface area contributed by atoms with Crippen molar-refractivity contribution in [3.05, 3.63) is 66.1 Å². The van der Waals surface area contributed by atoms with E-state index in [0.29, 0.717) is 0 Å². The van der Waals surface area contributed by atoms with Crippen molar-refractivity contribution in [3.8, 4) is 0 Å². The summed E-state index contributed by atoms with van der Waals surface area (Å²) in [5, 5.41) is 7.84. The number of anilines is 2. The van der Waals surface area contributed by atoms with Gasteiger partial charge in [-0.25, -0.2) is 0 Å². The van der Waals surface area contributed by atoms with E-state index in [1.165, 1.54) is 5.69 Å². The largest absolute Gasteiger partial charge is 0.378 e. The van der Waals surface area contributed by atoms with Gasteiger partial charge >= 0.3 is 0 Å².